The Kier molecular flexibility index (Phi) is 4.80. The van der Waals surface area contributed by atoms with Crippen molar-refractivity contribution in [3.63, 3.8) is 0 Å². The summed E-state index contributed by atoms with van der Waals surface area (Å²) in [6.07, 6.45) is 1.75. The predicted molar refractivity (Wildman–Crippen MR) is 101 cm³/mol. The lowest BCUT2D eigenvalue weighted by atomic mass is 10.1. The van der Waals surface area contributed by atoms with E-state index in [2.05, 4.69) is 25.4 Å². The van der Waals surface area contributed by atoms with Gasteiger partial charge in [-0.2, -0.15) is 5.10 Å². The van der Waals surface area contributed by atoms with E-state index in [1.54, 1.807) is 30.5 Å². The number of aromatic amines is 1. The zero-order valence-corrected chi connectivity index (χ0v) is 14.6. The first kappa shape index (κ1) is 17.2. The second-order valence-corrected chi connectivity index (χ2v) is 6.25. The van der Waals surface area contributed by atoms with Crippen LogP contribution in [-0.4, -0.2) is 47.4 Å². The average Bonchev–Trinajstić information content (AvgIpc) is 2.73. The normalized spacial score (nSPS) is 14.3. The van der Waals surface area contributed by atoms with Crippen LogP contribution in [0.2, 0.25) is 0 Å². The Morgan fingerprint density at radius 2 is 1.93 bits per heavy atom. The first-order valence-corrected chi connectivity index (χ1v) is 8.75. The summed E-state index contributed by atoms with van der Waals surface area (Å²) < 4.78 is 5.34. The molecule has 1 aliphatic rings. The molecule has 0 saturated carbocycles. The molecular weight excluding hydrogens is 346 g/mol. The molecule has 138 valence electrons. The van der Waals surface area contributed by atoms with E-state index in [-0.39, 0.29) is 17.2 Å². The van der Waals surface area contributed by atoms with Crippen LogP contribution in [0.4, 0.5) is 5.82 Å². The van der Waals surface area contributed by atoms with Crippen LogP contribution in [0.1, 0.15) is 16.1 Å². The SMILES string of the molecule is O=C(NCc1ccc(N2CCOCC2)nc1)c1n[nH]c(=O)c2ccccc12. The van der Waals surface area contributed by atoms with E-state index < -0.39 is 0 Å². The number of aromatic nitrogens is 3. The van der Waals surface area contributed by atoms with E-state index in [1.165, 1.54) is 0 Å². The molecule has 3 aromatic rings. The summed E-state index contributed by atoms with van der Waals surface area (Å²) in [7, 11) is 0. The zero-order valence-electron chi connectivity index (χ0n) is 14.6. The molecule has 4 rings (SSSR count). The first-order chi connectivity index (χ1) is 13.2. The van der Waals surface area contributed by atoms with Gasteiger partial charge in [-0.25, -0.2) is 10.1 Å². The van der Waals surface area contributed by atoms with Crippen molar-refractivity contribution in [2.24, 2.45) is 0 Å². The summed E-state index contributed by atoms with van der Waals surface area (Å²) in [6.45, 7) is 3.39. The molecule has 27 heavy (non-hydrogen) atoms. The fraction of sp³-hybridized carbons (Fsp3) is 0.263. The lowest BCUT2D eigenvalue weighted by Gasteiger charge is -2.27. The van der Waals surface area contributed by atoms with Crippen molar-refractivity contribution >= 4 is 22.5 Å². The van der Waals surface area contributed by atoms with Crippen LogP contribution < -0.4 is 15.8 Å². The maximum Gasteiger partial charge on any atom is 0.272 e. The fourth-order valence-corrected chi connectivity index (χ4v) is 3.05. The number of carbonyl (C=O) groups excluding carboxylic acids is 1. The number of carbonyl (C=O) groups is 1. The van der Waals surface area contributed by atoms with Gasteiger partial charge in [0.25, 0.3) is 11.5 Å². The zero-order chi connectivity index (χ0) is 18.6. The Labute approximate surface area is 155 Å². The lowest BCUT2D eigenvalue weighted by molar-refractivity contribution is 0.0946. The minimum atomic E-state index is -0.347. The smallest absolute Gasteiger partial charge is 0.272 e. The quantitative estimate of drug-likeness (QED) is 0.718. The van der Waals surface area contributed by atoms with E-state index in [0.29, 0.717) is 30.5 Å². The molecule has 1 aliphatic heterocycles. The second-order valence-electron chi connectivity index (χ2n) is 6.25. The summed E-state index contributed by atoms with van der Waals surface area (Å²) in [4.78, 5) is 31.0. The van der Waals surface area contributed by atoms with Crippen molar-refractivity contribution in [1.29, 1.82) is 0 Å². The van der Waals surface area contributed by atoms with Gasteiger partial charge in [0.2, 0.25) is 0 Å². The van der Waals surface area contributed by atoms with Gasteiger partial charge in [-0.1, -0.05) is 24.3 Å². The van der Waals surface area contributed by atoms with Crippen LogP contribution in [0.25, 0.3) is 10.8 Å². The van der Waals surface area contributed by atoms with E-state index >= 15 is 0 Å². The average molecular weight is 365 g/mol. The van der Waals surface area contributed by atoms with Crippen LogP contribution in [0.3, 0.4) is 0 Å². The highest BCUT2D eigenvalue weighted by atomic mass is 16.5. The van der Waals surface area contributed by atoms with Crippen LogP contribution in [0.15, 0.2) is 47.4 Å². The molecule has 1 fully saturated rings. The number of morpholine rings is 1. The molecule has 3 heterocycles. The summed E-state index contributed by atoms with van der Waals surface area (Å²) in [5.41, 5.74) is 0.766. The van der Waals surface area contributed by atoms with Gasteiger partial charge < -0.3 is 15.0 Å². The van der Waals surface area contributed by atoms with Crippen LogP contribution in [-0.2, 0) is 11.3 Å². The van der Waals surface area contributed by atoms with Crippen molar-refractivity contribution in [3.8, 4) is 0 Å². The Balaban J connectivity index is 1.45. The standard InChI is InChI=1S/C19H19N5O3/c25-18-15-4-2-1-3-14(15)17(22-23-18)19(26)21-12-13-5-6-16(20-11-13)24-7-9-27-10-8-24/h1-6,11H,7-10,12H2,(H,21,26)(H,23,25). The number of benzene rings is 1. The Hall–Kier alpha value is -3.26. The number of H-pyrrole nitrogens is 1. The molecule has 2 N–H and O–H groups in total. The summed E-state index contributed by atoms with van der Waals surface area (Å²) in [5, 5.41) is 10.1. The van der Waals surface area contributed by atoms with Gasteiger partial charge in [-0.05, 0) is 17.7 Å². The highest BCUT2D eigenvalue weighted by Crippen LogP contribution is 2.14. The fourth-order valence-electron chi connectivity index (χ4n) is 3.05. The highest BCUT2D eigenvalue weighted by Gasteiger charge is 2.14. The molecule has 0 unspecified atom stereocenters. The van der Waals surface area contributed by atoms with Gasteiger partial charge in [0.05, 0.1) is 18.6 Å². The van der Waals surface area contributed by atoms with Crippen LogP contribution >= 0.6 is 0 Å². The Morgan fingerprint density at radius 3 is 2.67 bits per heavy atom. The third-order valence-electron chi connectivity index (χ3n) is 4.51. The summed E-state index contributed by atoms with van der Waals surface area (Å²) in [5.74, 6) is 0.557. The number of hydrogen-bond donors (Lipinski definition) is 2. The van der Waals surface area contributed by atoms with Crippen LogP contribution in [0.5, 0.6) is 0 Å². The van der Waals surface area contributed by atoms with Crippen molar-refractivity contribution in [1.82, 2.24) is 20.5 Å². The van der Waals surface area contributed by atoms with E-state index in [0.717, 1.165) is 24.5 Å². The van der Waals surface area contributed by atoms with Crippen molar-refractivity contribution in [2.75, 3.05) is 31.2 Å². The minimum Gasteiger partial charge on any atom is -0.378 e. The van der Waals surface area contributed by atoms with E-state index in [9.17, 15) is 9.59 Å². The van der Waals surface area contributed by atoms with Gasteiger partial charge in [0.15, 0.2) is 5.69 Å². The van der Waals surface area contributed by atoms with Gasteiger partial charge in [0, 0.05) is 31.2 Å². The number of ether oxygens (including phenoxy) is 1. The number of anilines is 1. The summed E-state index contributed by atoms with van der Waals surface area (Å²) in [6, 6.07) is 10.8. The molecule has 8 heteroatoms. The van der Waals surface area contributed by atoms with Gasteiger partial charge >= 0.3 is 0 Å². The third-order valence-corrected chi connectivity index (χ3v) is 4.51. The number of pyridine rings is 1. The van der Waals surface area contributed by atoms with Gasteiger partial charge in [-0.15, -0.1) is 0 Å². The molecule has 0 atom stereocenters. The molecule has 0 radical (unpaired) electrons. The highest BCUT2D eigenvalue weighted by molar-refractivity contribution is 6.04. The molecule has 2 aromatic heterocycles. The molecule has 0 spiro atoms. The predicted octanol–water partition coefficient (Wildman–Crippen LogP) is 1.08. The summed E-state index contributed by atoms with van der Waals surface area (Å²) >= 11 is 0. The van der Waals surface area contributed by atoms with Crippen molar-refractivity contribution < 1.29 is 9.53 Å². The lowest BCUT2D eigenvalue weighted by Crippen LogP contribution is -2.36. The number of rotatable bonds is 4. The number of nitrogens with one attached hydrogen (secondary N) is 2. The van der Waals surface area contributed by atoms with Gasteiger partial charge in [0.1, 0.15) is 5.82 Å². The molecule has 1 saturated heterocycles. The van der Waals surface area contributed by atoms with Crippen molar-refractivity contribution in [2.45, 2.75) is 6.54 Å². The molecule has 0 bridgehead atoms. The van der Waals surface area contributed by atoms with E-state index in [1.807, 2.05) is 12.1 Å². The van der Waals surface area contributed by atoms with E-state index in [4.69, 9.17) is 4.74 Å². The van der Waals surface area contributed by atoms with Crippen LogP contribution in [0, 0.1) is 0 Å². The molecule has 1 amide bonds. The largest absolute Gasteiger partial charge is 0.378 e. The Bertz CT molecular complexity index is 1010. The molecule has 8 nitrogen and oxygen atoms in total. The van der Waals surface area contributed by atoms with Gasteiger partial charge in [-0.3, -0.25) is 9.59 Å². The maximum absolute atomic E-state index is 12.5. The number of hydrogen-bond acceptors (Lipinski definition) is 6. The maximum atomic E-state index is 12.5. The molecule has 1 aromatic carbocycles. The second kappa shape index (κ2) is 7.55. The number of fused-ring (bicyclic) bond motifs is 1. The Morgan fingerprint density at radius 1 is 1.15 bits per heavy atom. The number of amides is 1. The topological polar surface area (TPSA) is 100 Å². The van der Waals surface area contributed by atoms with Crippen molar-refractivity contribution in [3.05, 3.63) is 64.2 Å². The third kappa shape index (κ3) is 3.65. The monoisotopic (exact) mass is 365 g/mol. The molecular formula is C19H19N5O3. The molecule has 0 aliphatic carbocycles. The first-order valence-electron chi connectivity index (χ1n) is 8.75. The minimum absolute atomic E-state index is 0.197. The number of nitrogens with zero attached hydrogens (tertiary/aromatic N) is 3.